The molecule has 170 valence electrons. The van der Waals surface area contributed by atoms with Crippen LogP contribution < -0.4 is 20.9 Å². The summed E-state index contributed by atoms with van der Waals surface area (Å²) < 4.78 is 5.67. The monoisotopic (exact) mass is 461 g/mol. The molecule has 0 spiro atoms. The minimum absolute atomic E-state index is 0.0134. The predicted molar refractivity (Wildman–Crippen MR) is 134 cm³/mol. The molecular formula is C26H27N3O3S. The number of hydrogen-bond donors (Lipinski definition) is 3. The van der Waals surface area contributed by atoms with Gasteiger partial charge in [0.2, 0.25) is 0 Å². The highest BCUT2D eigenvalue weighted by Crippen LogP contribution is 2.28. The van der Waals surface area contributed by atoms with E-state index in [1.165, 1.54) is 0 Å². The summed E-state index contributed by atoms with van der Waals surface area (Å²) in [6.45, 7) is 4.03. The van der Waals surface area contributed by atoms with Crippen LogP contribution in [-0.2, 0) is 4.79 Å². The number of thiocarbonyl (C=S) groups is 1. The number of rotatable bonds is 7. The second-order valence-electron chi connectivity index (χ2n) is 7.54. The summed E-state index contributed by atoms with van der Waals surface area (Å²) >= 11 is 5.10. The van der Waals surface area contributed by atoms with Crippen LogP contribution in [0.15, 0.2) is 78.9 Å². The number of carbonyl (C=O) groups excluding carboxylic acids is 2. The van der Waals surface area contributed by atoms with Gasteiger partial charge >= 0.3 is 0 Å². The summed E-state index contributed by atoms with van der Waals surface area (Å²) in [4.78, 5) is 24.5. The highest BCUT2D eigenvalue weighted by molar-refractivity contribution is 7.80. The lowest BCUT2D eigenvalue weighted by atomic mass is 9.98. The number of nitrogens with one attached hydrogen (secondary N) is 3. The van der Waals surface area contributed by atoms with E-state index in [1.54, 1.807) is 12.1 Å². The molecule has 0 fully saturated rings. The fraction of sp³-hybridized carbons (Fsp3) is 0.192. The highest BCUT2D eigenvalue weighted by Gasteiger charge is 2.12. The van der Waals surface area contributed by atoms with Crippen LogP contribution in [0.1, 0.15) is 42.1 Å². The fourth-order valence-corrected chi connectivity index (χ4v) is 3.34. The quantitative estimate of drug-likeness (QED) is 0.355. The van der Waals surface area contributed by atoms with E-state index < -0.39 is 5.91 Å². The van der Waals surface area contributed by atoms with E-state index >= 15 is 0 Å². The Morgan fingerprint density at radius 1 is 0.879 bits per heavy atom. The second-order valence-corrected chi connectivity index (χ2v) is 7.94. The molecule has 3 aromatic carbocycles. The van der Waals surface area contributed by atoms with Gasteiger partial charge in [0.15, 0.2) is 11.7 Å². The lowest BCUT2D eigenvalue weighted by molar-refractivity contribution is -0.123. The molecule has 0 aliphatic rings. The Bertz CT molecular complexity index is 1100. The Hall–Kier alpha value is -3.71. The van der Waals surface area contributed by atoms with Gasteiger partial charge in [-0.05, 0) is 59.4 Å². The SMILES string of the molecule is CCC(C)c1ccccc1OCC(=O)NNC(=S)NC(=O)c1ccc(-c2ccccc2)cc1. The molecule has 2 amide bonds. The highest BCUT2D eigenvalue weighted by atomic mass is 32.1. The topological polar surface area (TPSA) is 79.5 Å². The van der Waals surface area contributed by atoms with Crippen molar-refractivity contribution in [2.45, 2.75) is 26.2 Å². The number of hydrogen-bond acceptors (Lipinski definition) is 4. The average molecular weight is 462 g/mol. The normalized spacial score (nSPS) is 11.2. The first-order valence-corrected chi connectivity index (χ1v) is 11.2. The molecule has 3 aromatic rings. The predicted octanol–water partition coefficient (Wildman–Crippen LogP) is 4.58. The molecule has 0 aliphatic heterocycles. The van der Waals surface area contributed by atoms with Gasteiger partial charge in [-0.3, -0.25) is 25.8 Å². The van der Waals surface area contributed by atoms with Crippen molar-refractivity contribution >= 4 is 29.1 Å². The zero-order valence-electron chi connectivity index (χ0n) is 18.6. The summed E-state index contributed by atoms with van der Waals surface area (Å²) in [5.74, 6) is 0.210. The first-order chi connectivity index (χ1) is 16.0. The lowest BCUT2D eigenvalue weighted by Crippen LogP contribution is -2.49. The zero-order valence-corrected chi connectivity index (χ0v) is 19.4. The van der Waals surface area contributed by atoms with Crippen molar-refractivity contribution in [3.8, 4) is 16.9 Å². The van der Waals surface area contributed by atoms with Crippen molar-refractivity contribution in [1.82, 2.24) is 16.2 Å². The van der Waals surface area contributed by atoms with Crippen LogP contribution in [0.5, 0.6) is 5.75 Å². The Balaban J connectivity index is 1.45. The molecule has 0 aliphatic carbocycles. The van der Waals surface area contributed by atoms with E-state index in [1.807, 2.05) is 66.7 Å². The molecular weight excluding hydrogens is 434 g/mol. The van der Waals surface area contributed by atoms with E-state index in [9.17, 15) is 9.59 Å². The van der Waals surface area contributed by atoms with E-state index in [2.05, 4.69) is 30.0 Å². The van der Waals surface area contributed by atoms with Crippen LogP contribution in [0.25, 0.3) is 11.1 Å². The van der Waals surface area contributed by atoms with Gasteiger partial charge in [0.05, 0.1) is 0 Å². The molecule has 0 aromatic heterocycles. The Morgan fingerprint density at radius 2 is 1.52 bits per heavy atom. The van der Waals surface area contributed by atoms with Crippen LogP contribution in [0.4, 0.5) is 0 Å². The number of carbonyl (C=O) groups is 2. The number of para-hydroxylation sites is 1. The van der Waals surface area contributed by atoms with E-state index in [0.29, 0.717) is 17.2 Å². The summed E-state index contributed by atoms with van der Waals surface area (Å²) in [7, 11) is 0. The van der Waals surface area contributed by atoms with E-state index in [4.69, 9.17) is 17.0 Å². The zero-order chi connectivity index (χ0) is 23.6. The molecule has 0 heterocycles. The molecule has 3 rings (SSSR count). The van der Waals surface area contributed by atoms with Gasteiger partial charge in [0, 0.05) is 5.56 Å². The van der Waals surface area contributed by atoms with Crippen LogP contribution in [-0.4, -0.2) is 23.5 Å². The maximum atomic E-state index is 12.4. The maximum Gasteiger partial charge on any atom is 0.276 e. The molecule has 0 saturated carbocycles. The van der Waals surface area contributed by atoms with Crippen LogP contribution in [0, 0.1) is 0 Å². The molecule has 0 saturated heterocycles. The third-order valence-electron chi connectivity index (χ3n) is 5.22. The van der Waals surface area contributed by atoms with Gasteiger partial charge in [-0.25, -0.2) is 0 Å². The van der Waals surface area contributed by atoms with Gasteiger partial charge in [0.1, 0.15) is 5.75 Å². The molecule has 6 nitrogen and oxygen atoms in total. The molecule has 1 atom stereocenters. The first-order valence-electron chi connectivity index (χ1n) is 10.7. The van der Waals surface area contributed by atoms with Crippen molar-refractivity contribution in [1.29, 1.82) is 0 Å². The molecule has 0 bridgehead atoms. The Labute approximate surface area is 199 Å². The van der Waals surface area contributed by atoms with Crippen molar-refractivity contribution < 1.29 is 14.3 Å². The molecule has 33 heavy (non-hydrogen) atoms. The van der Waals surface area contributed by atoms with Gasteiger partial charge in [-0.1, -0.05) is 74.5 Å². The van der Waals surface area contributed by atoms with Crippen LogP contribution >= 0.6 is 12.2 Å². The summed E-state index contributed by atoms with van der Waals surface area (Å²) in [5.41, 5.74) is 8.55. The van der Waals surface area contributed by atoms with E-state index in [-0.39, 0.29) is 17.6 Å². The number of benzene rings is 3. The third-order valence-corrected chi connectivity index (χ3v) is 5.42. The van der Waals surface area contributed by atoms with Crippen LogP contribution in [0.2, 0.25) is 0 Å². The minimum atomic E-state index is -0.419. The summed E-state index contributed by atoms with van der Waals surface area (Å²) in [6, 6.07) is 24.7. The minimum Gasteiger partial charge on any atom is -0.483 e. The van der Waals surface area contributed by atoms with Gasteiger partial charge < -0.3 is 4.74 Å². The number of hydrazine groups is 1. The molecule has 3 N–H and O–H groups in total. The number of ether oxygens (including phenoxy) is 1. The molecule has 1 unspecified atom stereocenters. The largest absolute Gasteiger partial charge is 0.483 e. The van der Waals surface area contributed by atoms with Gasteiger partial charge in [0.25, 0.3) is 11.8 Å². The van der Waals surface area contributed by atoms with Crippen molar-refractivity contribution in [3.05, 3.63) is 90.0 Å². The number of amides is 2. The first kappa shape index (κ1) is 23.9. The van der Waals surface area contributed by atoms with Crippen molar-refractivity contribution in [2.24, 2.45) is 0 Å². The molecule has 0 radical (unpaired) electrons. The smallest absolute Gasteiger partial charge is 0.276 e. The standard InChI is InChI=1S/C26H27N3O3S/c1-3-18(2)22-11-7-8-12-23(22)32-17-24(30)28-29-26(33)27-25(31)21-15-13-20(14-16-21)19-9-5-4-6-10-19/h4-16,18H,3,17H2,1-2H3,(H,28,30)(H2,27,29,31,33). The second kappa shape index (κ2) is 11.8. The van der Waals surface area contributed by atoms with Crippen molar-refractivity contribution in [2.75, 3.05) is 6.61 Å². The Kier molecular flexibility index (Phi) is 8.55. The fourth-order valence-electron chi connectivity index (χ4n) is 3.20. The molecule has 7 heteroatoms. The summed E-state index contributed by atoms with van der Waals surface area (Å²) in [5, 5.41) is 2.53. The average Bonchev–Trinajstić information content (AvgIpc) is 2.86. The maximum absolute atomic E-state index is 12.4. The van der Waals surface area contributed by atoms with Crippen molar-refractivity contribution in [3.63, 3.8) is 0 Å². The van der Waals surface area contributed by atoms with Gasteiger partial charge in [-0.2, -0.15) is 0 Å². The lowest BCUT2D eigenvalue weighted by Gasteiger charge is -2.16. The third kappa shape index (κ3) is 6.89. The van der Waals surface area contributed by atoms with E-state index in [0.717, 1.165) is 23.1 Å². The Morgan fingerprint density at radius 3 is 2.21 bits per heavy atom. The van der Waals surface area contributed by atoms with Crippen LogP contribution in [0.3, 0.4) is 0 Å². The summed E-state index contributed by atoms with van der Waals surface area (Å²) in [6.07, 6.45) is 0.969. The van der Waals surface area contributed by atoms with Gasteiger partial charge in [-0.15, -0.1) is 0 Å².